The number of aromatic carboxylic acids is 1. The molecular formula is C29H32N6O3. The summed E-state index contributed by atoms with van der Waals surface area (Å²) < 4.78 is 7.37. The van der Waals surface area contributed by atoms with Crippen molar-refractivity contribution in [3.63, 3.8) is 0 Å². The molecule has 0 aliphatic rings. The van der Waals surface area contributed by atoms with Crippen LogP contribution < -0.4 is 10.5 Å². The first-order valence-corrected chi connectivity index (χ1v) is 12.3. The second-order valence-electron chi connectivity index (χ2n) is 9.11. The zero-order chi connectivity index (χ0) is 26.9. The largest absolute Gasteiger partial charge is 0.494 e. The fourth-order valence-electron chi connectivity index (χ4n) is 3.83. The molecule has 0 aliphatic heterocycles. The monoisotopic (exact) mass is 512 g/mol. The summed E-state index contributed by atoms with van der Waals surface area (Å²) in [7, 11) is 4.13. The Morgan fingerprint density at radius 2 is 1.84 bits per heavy atom. The van der Waals surface area contributed by atoms with Crippen molar-refractivity contribution in [3.8, 4) is 16.9 Å². The maximum atomic E-state index is 10.6. The van der Waals surface area contributed by atoms with Gasteiger partial charge >= 0.3 is 5.97 Å². The van der Waals surface area contributed by atoms with Gasteiger partial charge in [-0.25, -0.2) is 9.78 Å². The number of ether oxygens (including phenoxy) is 1. The third-order valence-corrected chi connectivity index (χ3v) is 5.84. The number of nitrogens with zero attached hydrogens (tertiary/aromatic N) is 4. The molecule has 9 nitrogen and oxygen atoms in total. The molecule has 38 heavy (non-hydrogen) atoms. The summed E-state index contributed by atoms with van der Waals surface area (Å²) >= 11 is 0. The van der Waals surface area contributed by atoms with Gasteiger partial charge in [-0.05, 0) is 49.8 Å². The maximum Gasteiger partial charge on any atom is 0.338 e. The number of aromatic nitrogens is 4. The van der Waals surface area contributed by atoms with E-state index in [0.29, 0.717) is 6.54 Å². The number of nitrogens with two attached hydrogens (primary N) is 1. The van der Waals surface area contributed by atoms with Gasteiger partial charge in [0, 0.05) is 36.1 Å². The first kappa shape index (κ1) is 26.4. The van der Waals surface area contributed by atoms with Crippen molar-refractivity contribution >= 4 is 22.7 Å². The van der Waals surface area contributed by atoms with Crippen LogP contribution >= 0.6 is 0 Å². The number of anilines is 1. The predicted molar refractivity (Wildman–Crippen MR) is 149 cm³/mol. The van der Waals surface area contributed by atoms with Crippen molar-refractivity contribution in [1.29, 1.82) is 0 Å². The van der Waals surface area contributed by atoms with E-state index in [1.54, 1.807) is 10.9 Å². The van der Waals surface area contributed by atoms with Gasteiger partial charge in [-0.1, -0.05) is 42.5 Å². The molecule has 0 unspecified atom stereocenters. The van der Waals surface area contributed by atoms with Crippen LogP contribution in [0, 0.1) is 0 Å². The molecule has 5 rings (SSSR count). The second-order valence-corrected chi connectivity index (χ2v) is 9.11. The summed E-state index contributed by atoms with van der Waals surface area (Å²) in [5.41, 5.74) is 10.9. The minimum Gasteiger partial charge on any atom is -0.494 e. The predicted octanol–water partition coefficient (Wildman–Crippen LogP) is 4.77. The fourth-order valence-corrected chi connectivity index (χ4v) is 3.83. The van der Waals surface area contributed by atoms with Crippen LogP contribution in [0.15, 0.2) is 85.5 Å². The van der Waals surface area contributed by atoms with Crippen molar-refractivity contribution in [2.45, 2.75) is 13.0 Å². The minimum absolute atomic E-state index is 0.214. The van der Waals surface area contributed by atoms with E-state index in [1.807, 2.05) is 60.8 Å². The highest BCUT2D eigenvalue weighted by Crippen LogP contribution is 2.27. The molecule has 0 bridgehead atoms. The topological polar surface area (TPSA) is 122 Å². The molecule has 0 amide bonds. The van der Waals surface area contributed by atoms with Crippen LogP contribution in [0.4, 0.5) is 5.69 Å². The number of aromatic amines is 1. The van der Waals surface area contributed by atoms with E-state index in [1.165, 1.54) is 12.4 Å². The molecule has 0 fully saturated rings. The number of pyridine rings is 1. The average molecular weight is 513 g/mol. The van der Waals surface area contributed by atoms with E-state index in [9.17, 15) is 4.79 Å². The van der Waals surface area contributed by atoms with Gasteiger partial charge in [0.05, 0.1) is 30.6 Å². The van der Waals surface area contributed by atoms with Crippen LogP contribution in [0.25, 0.3) is 22.2 Å². The third-order valence-electron chi connectivity index (χ3n) is 5.84. The van der Waals surface area contributed by atoms with Gasteiger partial charge in [-0.2, -0.15) is 5.10 Å². The van der Waals surface area contributed by atoms with Gasteiger partial charge in [0.25, 0.3) is 0 Å². The summed E-state index contributed by atoms with van der Waals surface area (Å²) in [6.45, 7) is 2.35. The van der Waals surface area contributed by atoms with Crippen LogP contribution in [-0.4, -0.2) is 63.0 Å². The van der Waals surface area contributed by atoms with E-state index in [4.69, 9.17) is 15.6 Å². The number of hydrogen-bond acceptors (Lipinski definition) is 6. The molecular weight excluding hydrogens is 480 g/mol. The molecule has 5 aromatic rings. The van der Waals surface area contributed by atoms with Crippen molar-refractivity contribution < 1.29 is 14.6 Å². The lowest BCUT2D eigenvalue weighted by atomic mass is 10.1. The Morgan fingerprint density at radius 3 is 2.53 bits per heavy atom. The molecule has 0 radical (unpaired) electrons. The Kier molecular flexibility index (Phi) is 8.73. The third kappa shape index (κ3) is 7.21. The van der Waals surface area contributed by atoms with Gasteiger partial charge < -0.3 is 25.5 Å². The standard InChI is InChI=1S/C18H22N4O.C11H10N2O2/c1-22(2)8-3-9-23-15-6-4-13(5-7-15)14-10-16-17(19)12-21-18(16)20-11-14;14-11(15)10-6-12-13(8-10)7-9-4-2-1-3-5-9/h4-7,10-12H,3,8-9,19H2,1-2H3,(H,20,21);1-6,8H,7H2,(H,14,15). The number of carboxylic acid groups (broad SMARTS) is 1. The minimum atomic E-state index is -0.950. The number of nitrogens with one attached hydrogen (secondary N) is 1. The highest BCUT2D eigenvalue weighted by Gasteiger charge is 2.06. The highest BCUT2D eigenvalue weighted by molar-refractivity contribution is 5.91. The number of benzene rings is 2. The zero-order valence-corrected chi connectivity index (χ0v) is 21.5. The lowest BCUT2D eigenvalue weighted by Gasteiger charge is -2.10. The number of carbonyl (C=O) groups is 1. The normalized spacial score (nSPS) is 10.8. The molecule has 0 atom stereocenters. The van der Waals surface area contributed by atoms with Crippen LogP contribution in [-0.2, 0) is 6.54 Å². The molecule has 3 aromatic heterocycles. The number of nitrogen functional groups attached to an aromatic ring is 1. The second kappa shape index (κ2) is 12.6. The molecule has 0 aliphatic carbocycles. The number of hydrogen-bond donors (Lipinski definition) is 3. The zero-order valence-electron chi connectivity index (χ0n) is 21.5. The van der Waals surface area contributed by atoms with Gasteiger partial charge in [-0.15, -0.1) is 0 Å². The number of fused-ring (bicyclic) bond motifs is 1. The van der Waals surface area contributed by atoms with Gasteiger partial charge in [-0.3, -0.25) is 4.68 Å². The molecule has 4 N–H and O–H groups in total. The van der Waals surface area contributed by atoms with E-state index in [2.05, 4.69) is 40.1 Å². The van der Waals surface area contributed by atoms with Crippen LogP contribution in [0.2, 0.25) is 0 Å². The summed E-state index contributed by atoms with van der Waals surface area (Å²) in [6, 6.07) is 19.9. The fraction of sp³-hybridized carbons (Fsp3) is 0.207. The van der Waals surface area contributed by atoms with Crippen molar-refractivity contribution in [1.82, 2.24) is 24.6 Å². The molecule has 3 heterocycles. The van der Waals surface area contributed by atoms with Crippen LogP contribution in [0.3, 0.4) is 0 Å². The Hall–Kier alpha value is -4.63. The number of rotatable bonds is 9. The molecule has 9 heteroatoms. The van der Waals surface area contributed by atoms with Gasteiger partial charge in [0.15, 0.2) is 0 Å². The summed E-state index contributed by atoms with van der Waals surface area (Å²) in [6.07, 6.45) is 7.51. The summed E-state index contributed by atoms with van der Waals surface area (Å²) in [5, 5.41) is 13.6. The SMILES string of the molecule is CN(C)CCCOc1ccc(-c2cnc3[nH]cc(N)c3c2)cc1.O=C(O)c1cnn(Cc2ccccc2)c1. The van der Waals surface area contributed by atoms with E-state index in [-0.39, 0.29) is 5.56 Å². The van der Waals surface area contributed by atoms with E-state index >= 15 is 0 Å². The summed E-state index contributed by atoms with van der Waals surface area (Å²) in [4.78, 5) is 20.2. The molecule has 0 saturated heterocycles. The van der Waals surface area contributed by atoms with Crippen molar-refractivity contribution in [3.05, 3.63) is 96.6 Å². The molecule has 0 saturated carbocycles. The van der Waals surface area contributed by atoms with E-state index < -0.39 is 5.97 Å². The van der Waals surface area contributed by atoms with Gasteiger partial charge in [0.2, 0.25) is 0 Å². The highest BCUT2D eigenvalue weighted by atomic mass is 16.5. The van der Waals surface area contributed by atoms with Crippen molar-refractivity contribution in [2.24, 2.45) is 0 Å². The smallest absolute Gasteiger partial charge is 0.338 e. The van der Waals surface area contributed by atoms with Gasteiger partial charge in [0.1, 0.15) is 11.4 Å². The molecule has 2 aromatic carbocycles. The Labute approximate surface area is 221 Å². The lowest BCUT2D eigenvalue weighted by molar-refractivity contribution is 0.0696. The Bertz CT molecular complexity index is 1460. The lowest BCUT2D eigenvalue weighted by Crippen LogP contribution is -2.15. The number of carboxylic acids is 1. The Balaban J connectivity index is 0.000000194. The van der Waals surface area contributed by atoms with E-state index in [0.717, 1.165) is 58.7 Å². The van der Waals surface area contributed by atoms with Crippen molar-refractivity contribution in [2.75, 3.05) is 33.0 Å². The average Bonchev–Trinajstić information content (AvgIpc) is 3.54. The van der Waals surface area contributed by atoms with Crippen LogP contribution in [0.5, 0.6) is 5.75 Å². The quantitative estimate of drug-likeness (QED) is 0.243. The molecule has 0 spiro atoms. The number of H-pyrrole nitrogens is 1. The van der Waals surface area contributed by atoms with Crippen LogP contribution in [0.1, 0.15) is 22.3 Å². The maximum absolute atomic E-state index is 10.6. The Morgan fingerprint density at radius 1 is 1.08 bits per heavy atom. The first-order chi connectivity index (χ1) is 18.4. The molecule has 196 valence electrons. The summed E-state index contributed by atoms with van der Waals surface area (Å²) in [5.74, 6) is -0.0583. The first-order valence-electron chi connectivity index (χ1n) is 12.3.